The van der Waals surface area contributed by atoms with Gasteiger partial charge in [-0.3, -0.25) is 5.01 Å². The van der Waals surface area contributed by atoms with E-state index in [2.05, 4.69) is 4.98 Å². The van der Waals surface area contributed by atoms with E-state index >= 15 is 0 Å². The monoisotopic (exact) mass is 392 g/mol. The standard InChI is InChI=1S/C22H24N4O3/c1-16-20(14-28)23-21(17-8-4-2-5-9-17)25(16)26-19(13-27)12-24(15-29)22(26)18-10-6-3-7-11-18/h2-12,22,27-29H,13-15H2,1H3. The van der Waals surface area contributed by atoms with Gasteiger partial charge in [0, 0.05) is 11.8 Å². The summed E-state index contributed by atoms with van der Waals surface area (Å²) in [6.45, 7) is 1.29. The predicted octanol–water partition coefficient (Wildman–Crippen LogP) is 2.09. The zero-order valence-electron chi connectivity index (χ0n) is 16.2. The second-order valence-corrected chi connectivity index (χ2v) is 6.87. The number of benzene rings is 2. The van der Waals surface area contributed by atoms with E-state index in [9.17, 15) is 15.3 Å². The van der Waals surface area contributed by atoms with Gasteiger partial charge >= 0.3 is 0 Å². The van der Waals surface area contributed by atoms with Gasteiger partial charge in [0.05, 0.1) is 30.3 Å². The Morgan fingerprint density at radius 3 is 2.14 bits per heavy atom. The van der Waals surface area contributed by atoms with E-state index in [4.69, 9.17) is 0 Å². The highest BCUT2D eigenvalue weighted by molar-refractivity contribution is 5.58. The van der Waals surface area contributed by atoms with Crippen LogP contribution >= 0.6 is 0 Å². The van der Waals surface area contributed by atoms with Crippen molar-refractivity contribution >= 4 is 0 Å². The molecule has 0 aliphatic carbocycles. The summed E-state index contributed by atoms with van der Waals surface area (Å²) in [5.74, 6) is 0.659. The zero-order valence-corrected chi connectivity index (χ0v) is 16.2. The van der Waals surface area contributed by atoms with Crippen LogP contribution in [0.15, 0.2) is 72.6 Å². The van der Waals surface area contributed by atoms with E-state index in [1.165, 1.54) is 0 Å². The van der Waals surface area contributed by atoms with Crippen LogP contribution in [0.25, 0.3) is 11.4 Å². The first-order valence-electron chi connectivity index (χ1n) is 9.46. The van der Waals surface area contributed by atoms with Crippen molar-refractivity contribution in [3.05, 3.63) is 89.5 Å². The van der Waals surface area contributed by atoms with Crippen LogP contribution in [0, 0.1) is 6.92 Å². The Balaban J connectivity index is 1.93. The number of rotatable bonds is 6. The fourth-order valence-corrected chi connectivity index (χ4v) is 3.77. The Kier molecular flexibility index (Phi) is 5.35. The van der Waals surface area contributed by atoms with Gasteiger partial charge in [-0.05, 0) is 12.5 Å². The van der Waals surface area contributed by atoms with E-state index in [-0.39, 0.29) is 26.1 Å². The second kappa shape index (κ2) is 8.08. The highest BCUT2D eigenvalue weighted by Crippen LogP contribution is 2.36. The van der Waals surface area contributed by atoms with E-state index in [0.717, 1.165) is 16.8 Å². The minimum absolute atomic E-state index is 0.190. The normalized spacial score (nSPS) is 16.4. The molecule has 1 aromatic heterocycles. The smallest absolute Gasteiger partial charge is 0.159 e. The van der Waals surface area contributed by atoms with Crippen LogP contribution in [-0.4, -0.2) is 43.2 Å². The number of imidazole rings is 1. The number of hydrogen-bond donors (Lipinski definition) is 3. The topological polar surface area (TPSA) is 85.0 Å². The molecule has 1 aliphatic rings. The van der Waals surface area contributed by atoms with Crippen molar-refractivity contribution in [2.24, 2.45) is 0 Å². The van der Waals surface area contributed by atoms with Crippen molar-refractivity contribution in [1.29, 1.82) is 0 Å². The lowest BCUT2D eigenvalue weighted by Gasteiger charge is -2.35. The third kappa shape index (κ3) is 3.29. The van der Waals surface area contributed by atoms with Crippen LogP contribution in [0.4, 0.5) is 0 Å². The molecule has 7 heteroatoms. The van der Waals surface area contributed by atoms with E-state index in [1.807, 2.05) is 77.3 Å². The van der Waals surface area contributed by atoms with Crippen molar-refractivity contribution < 1.29 is 15.3 Å². The molecular formula is C22H24N4O3. The SMILES string of the molecule is Cc1c(CO)nc(-c2ccccc2)n1N1C(CO)=CN(CO)C1c1ccccc1. The number of hydrogen-bond acceptors (Lipinski definition) is 6. The predicted molar refractivity (Wildman–Crippen MR) is 110 cm³/mol. The molecular weight excluding hydrogens is 368 g/mol. The van der Waals surface area contributed by atoms with E-state index in [0.29, 0.717) is 17.2 Å². The lowest BCUT2D eigenvalue weighted by molar-refractivity contribution is 0.117. The maximum atomic E-state index is 10.1. The first-order chi connectivity index (χ1) is 14.2. The Labute approximate surface area is 169 Å². The molecule has 3 N–H and O–H groups in total. The molecule has 1 unspecified atom stereocenters. The summed E-state index contributed by atoms with van der Waals surface area (Å²) in [5.41, 5.74) is 3.80. The molecule has 150 valence electrons. The summed E-state index contributed by atoms with van der Waals surface area (Å²) in [4.78, 5) is 6.43. The molecule has 0 fully saturated rings. The molecule has 0 radical (unpaired) electrons. The fourth-order valence-electron chi connectivity index (χ4n) is 3.77. The van der Waals surface area contributed by atoms with Crippen LogP contribution in [0.3, 0.4) is 0 Å². The second-order valence-electron chi connectivity index (χ2n) is 6.87. The molecule has 29 heavy (non-hydrogen) atoms. The van der Waals surface area contributed by atoms with Gasteiger partial charge in [-0.15, -0.1) is 0 Å². The molecule has 1 aliphatic heterocycles. The molecule has 1 atom stereocenters. The highest BCUT2D eigenvalue weighted by Gasteiger charge is 2.36. The van der Waals surface area contributed by atoms with E-state index < -0.39 is 0 Å². The molecule has 2 aromatic carbocycles. The minimum atomic E-state index is -0.370. The molecule has 0 bridgehead atoms. The molecule has 0 saturated heterocycles. The average Bonchev–Trinajstić information content (AvgIpc) is 3.31. The highest BCUT2D eigenvalue weighted by atomic mass is 16.3. The van der Waals surface area contributed by atoms with Gasteiger partial charge in [0.15, 0.2) is 5.82 Å². The third-order valence-corrected chi connectivity index (χ3v) is 5.15. The quantitative estimate of drug-likeness (QED) is 0.596. The van der Waals surface area contributed by atoms with Gasteiger partial charge in [-0.25, -0.2) is 9.66 Å². The van der Waals surface area contributed by atoms with Crippen molar-refractivity contribution in [2.45, 2.75) is 19.7 Å². The maximum absolute atomic E-state index is 10.1. The van der Waals surface area contributed by atoms with Gasteiger partial charge in [0.25, 0.3) is 0 Å². The summed E-state index contributed by atoms with van der Waals surface area (Å²) < 4.78 is 1.91. The third-order valence-electron chi connectivity index (χ3n) is 5.15. The summed E-state index contributed by atoms with van der Waals surface area (Å²) in [6.07, 6.45) is 1.38. The maximum Gasteiger partial charge on any atom is 0.159 e. The average molecular weight is 392 g/mol. The lowest BCUT2D eigenvalue weighted by Crippen LogP contribution is -2.41. The molecule has 0 saturated carbocycles. The summed E-state index contributed by atoms with van der Waals surface area (Å²) in [6, 6.07) is 19.5. The van der Waals surface area contributed by atoms with Crippen LogP contribution in [0.2, 0.25) is 0 Å². The molecule has 7 nitrogen and oxygen atoms in total. The number of aliphatic hydroxyl groups excluding tert-OH is 3. The fraction of sp³-hybridized carbons (Fsp3) is 0.227. The molecule has 0 amide bonds. The molecule has 4 rings (SSSR count). The summed E-state index contributed by atoms with van der Waals surface area (Å²) in [7, 11) is 0. The van der Waals surface area contributed by atoms with Gasteiger partial charge in [0.2, 0.25) is 0 Å². The van der Waals surface area contributed by atoms with Crippen molar-refractivity contribution in [3.8, 4) is 11.4 Å². The summed E-state index contributed by atoms with van der Waals surface area (Å²) >= 11 is 0. The number of aliphatic hydroxyl groups is 3. The Morgan fingerprint density at radius 2 is 1.55 bits per heavy atom. The Hall–Kier alpha value is -3.13. The van der Waals surface area contributed by atoms with Gasteiger partial charge in [-0.1, -0.05) is 60.7 Å². The number of aromatic nitrogens is 2. The number of nitrogens with zero attached hydrogens (tertiary/aromatic N) is 4. The Bertz CT molecular complexity index is 1000. The Morgan fingerprint density at radius 1 is 0.897 bits per heavy atom. The van der Waals surface area contributed by atoms with Gasteiger partial charge in [0.1, 0.15) is 12.9 Å². The molecule has 2 heterocycles. The van der Waals surface area contributed by atoms with Gasteiger partial charge < -0.3 is 20.2 Å². The van der Waals surface area contributed by atoms with Crippen LogP contribution in [0.1, 0.15) is 23.1 Å². The largest absolute Gasteiger partial charge is 0.390 e. The lowest BCUT2D eigenvalue weighted by atomic mass is 10.1. The molecule has 0 spiro atoms. The van der Waals surface area contributed by atoms with Crippen molar-refractivity contribution in [3.63, 3.8) is 0 Å². The van der Waals surface area contributed by atoms with Crippen LogP contribution < -0.4 is 5.01 Å². The van der Waals surface area contributed by atoms with Crippen LogP contribution in [0.5, 0.6) is 0 Å². The summed E-state index contributed by atoms with van der Waals surface area (Å²) in [5, 5.41) is 31.8. The minimum Gasteiger partial charge on any atom is -0.390 e. The van der Waals surface area contributed by atoms with Crippen LogP contribution in [-0.2, 0) is 6.61 Å². The molecule has 3 aromatic rings. The zero-order chi connectivity index (χ0) is 20.4. The van der Waals surface area contributed by atoms with Crippen molar-refractivity contribution in [2.75, 3.05) is 18.3 Å². The first-order valence-corrected chi connectivity index (χ1v) is 9.46. The van der Waals surface area contributed by atoms with E-state index in [1.54, 1.807) is 11.1 Å². The van der Waals surface area contributed by atoms with Crippen molar-refractivity contribution in [1.82, 2.24) is 14.6 Å². The van der Waals surface area contributed by atoms with Gasteiger partial charge in [-0.2, -0.15) is 0 Å². The first kappa shape index (κ1) is 19.2.